The zero-order chi connectivity index (χ0) is 19.4. The number of nitrogens with zero attached hydrogens (tertiary/aromatic N) is 1. The van der Waals surface area contributed by atoms with E-state index in [2.05, 4.69) is 10.3 Å². The van der Waals surface area contributed by atoms with Crippen molar-refractivity contribution in [3.8, 4) is 10.6 Å². The lowest BCUT2D eigenvalue weighted by Gasteiger charge is -2.09. The van der Waals surface area contributed by atoms with Crippen LogP contribution in [0.25, 0.3) is 10.6 Å². The van der Waals surface area contributed by atoms with Gasteiger partial charge in [0.2, 0.25) is 0 Å². The van der Waals surface area contributed by atoms with Crippen LogP contribution in [0.3, 0.4) is 0 Å². The third-order valence-corrected chi connectivity index (χ3v) is 4.97. The molecule has 138 valence electrons. The second-order valence-electron chi connectivity index (χ2n) is 5.66. The number of esters is 1. The lowest BCUT2D eigenvalue weighted by molar-refractivity contribution is 0.0527. The Bertz CT molecular complexity index is 983. The predicted molar refractivity (Wildman–Crippen MR) is 103 cm³/mol. The van der Waals surface area contributed by atoms with Crippen LogP contribution in [0, 0.1) is 12.7 Å². The smallest absolute Gasteiger partial charge is 0.340 e. The van der Waals surface area contributed by atoms with Crippen LogP contribution in [-0.4, -0.2) is 23.5 Å². The van der Waals surface area contributed by atoms with Crippen molar-refractivity contribution in [1.29, 1.82) is 0 Å². The number of para-hydroxylation sites is 1. The molecule has 3 rings (SSSR count). The third-order valence-electron chi connectivity index (χ3n) is 3.76. The lowest BCUT2D eigenvalue weighted by atomic mass is 10.1. The van der Waals surface area contributed by atoms with E-state index in [-0.39, 0.29) is 23.9 Å². The van der Waals surface area contributed by atoms with Gasteiger partial charge >= 0.3 is 5.97 Å². The molecule has 1 N–H and O–H groups in total. The molecule has 0 aliphatic rings. The van der Waals surface area contributed by atoms with Crippen LogP contribution in [0.1, 0.15) is 32.6 Å². The van der Waals surface area contributed by atoms with Crippen molar-refractivity contribution in [2.24, 2.45) is 0 Å². The number of halogens is 1. The summed E-state index contributed by atoms with van der Waals surface area (Å²) >= 11 is 1.21. The van der Waals surface area contributed by atoms with Gasteiger partial charge in [-0.2, -0.15) is 0 Å². The van der Waals surface area contributed by atoms with Crippen LogP contribution in [0.2, 0.25) is 0 Å². The number of amides is 1. The monoisotopic (exact) mass is 384 g/mol. The molecular weight excluding hydrogens is 367 g/mol. The average molecular weight is 384 g/mol. The number of benzene rings is 2. The summed E-state index contributed by atoms with van der Waals surface area (Å²) in [6.07, 6.45) is 0. The molecule has 0 aliphatic carbocycles. The first-order chi connectivity index (χ1) is 13.0. The van der Waals surface area contributed by atoms with Crippen molar-refractivity contribution in [2.45, 2.75) is 13.8 Å². The quantitative estimate of drug-likeness (QED) is 0.648. The average Bonchev–Trinajstić information content (AvgIpc) is 3.05. The fourth-order valence-corrected chi connectivity index (χ4v) is 3.45. The highest BCUT2D eigenvalue weighted by molar-refractivity contribution is 7.17. The number of nitrogens with one attached hydrogen (secondary N) is 1. The van der Waals surface area contributed by atoms with Crippen molar-refractivity contribution in [3.63, 3.8) is 0 Å². The molecule has 1 heterocycles. The van der Waals surface area contributed by atoms with E-state index in [9.17, 15) is 14.0 Å². The van der Waals surface area contributed by atoms with Gasteiger partial charge in [0, 0.05) is 5.56 Å². The number of carbonyl (C=O) groups is 2. The zero-order valence-electron chi connectivity index (χ0n) is 14.8. The van der Waals surface area contributed by atoms with Gasteiger partial charge in [0.1, 0.15) is 15.7 Å². The molecular formula is C20H17FN2O3S. The molecule has 5 nitrogen and oxygen atoms in total. The van der Waals surface area contributed by atoms with Gasteiger partial charge in [-0.05, 0) is 50.2 Å². The standard InChI is InChI=1S/C20H17FN2O3S/c1-3-26-20(25)15-6-4-5-7-16(15)23-18(24)17-12(2)22-19(27-17)13-8-10-14(21)11-9-13/h4-11H,3H2,1-2H3,(H,23,24). The Morgan fingerprint density at radius 1 is 1.15 bits per heavy atom. The maximum absolute atomic E-state index is 13.1. The van der Waals surface area contributed by atoms with E-state index in [1.54, 1.807) is 50.2 Å². The number of thiazole rings is 1. The maximum Gasteiger partial charge on any atom is 0.340 e. The summed E-state index contributed by atoms with van der Waals surface area (Å²) in [6.45, 7) is 3.70. The number of hydrogen-bond acceptors (Lipinski definition) is 5. The van der Waals surface area contributed by atoms with Gasteiger partial charge < -0.3 is 10.1 Å². The molecule has 2 aromatic carbocycles. The van der Waals surface area contributed by atoms with Crippen molar-refractivity contribution in [2.75, 3.05) is 11.9 Å². The maximum atomic E-state index is 13.1. The Balaban J connectivity index is 1.86. The van der Waals surface area contributed by atoms with Crippen molar-refractivity contribution < 1.29 is 18.7 Å². The molecule has 0 atom stereocenters. The van der Waals surface area contributed by atoms with Crippen LogP contribution >= 0.6 is 11.3 Å². The number of ether oxygens (including phenoxy) is 1. The predicted octanol–water partition coefficient (Wildman–Crippen LogP) is 4.69. The van der Waals surface area contributed by atoms with E-state index >= 15 is 0 Å². The lowest BCUT2D eigenvalue weighted by Crippen LogP contribution is -2.15. The summed E-state index contributed by atoms with van der Waals surface area (Å²) in [6, 6.07) is 12.6. The summed E-state index contributed by atoms with van der Waals surface area (Å²) in [5, 5.41) is 3.37. The van der Waals surface area contributed by atoms with Crippen molar-refractivity contribution >= 4 is 28.9 Å². The van der Waals surface area contributed by atoms with E-state index in [1.165, 1.54) is 23.5 Å². The highest BCUT2D eigenvalue weighted by atomic mass is 32.1. The molecule has 1 amide bonds. The molecule has 7 heteroatoms. The van der Waals surface area contributed by atoms with E-state index in [1.807, 2.05) is 0 Å². The van der Waals surface area contributed by atoms with Crippen LogP contribution in [0.4, 0.5) is 10.1 Å². The van der Waals surface area contributed by atoms with E-state index in [4.69, 9.17) is 4.74 Å². The van der Waals surface area contributed by atoms with Gasteiger partial charge in [-0.3, -0.25) is 4.79 Å². The number of aromatic nitrogens is 1. The van der Waals surface area contributed by atoms with Crippen LogP contribution < -0.4 is 5.32 Å². The molecule has 0 bridgehead atoms. The summed E-state index contributed by atoms with van der Waals surface area (Å²) < 4.78 is 18.1. The van der Waals surface area contributed by atoms with Crippen molar-refractivity contribution in [1.82, 2.24) is 4.98 Å². The Morgan fingerprint density at radius 3 is 2.56 bits per heavy atom. The number of rotatable bonds is 5. The Hall–Kier alpha value is -3.06. The molecule has 0 aliphatic heterocycles. The molecule has 0 unspecified atom stereocenters. The van der Waals surface area contributed by atoms with Gasteiger partial charge in [-0.1, -0.05) is 12.1 Å². The molecule has 0 spiro atoms. The first kappa shape index (κ1) is 18.7. The van der Waals surface area contributed by atoms with Gasteiger partial charge in [0.15, 0.2) is 0 Å². The minimum Gasteiger partial charge on any atom is -0.462 e. The number of aryl methyl sites for hydroxylation is 1. The molecule has 0 fully saturated rings. The minimum absolute atomic E-state index is 0.246. The SMILES string of the molecule is CCOC(=O)c1ccccc1NC(=O)c1sc(-c2ccc(F)cc2)nc1C. The van der Waals surface area contributed by atoms with Gasteiger partial charge in [0.25, 0.3) is 5.91 Å². The molecule has 0 radical (unpaired) electrons. The molecule has 0 saturated carbocycles. The van der Waals surface area contributed by atoms with E-state index in [0.29, 0.717) is 21.3 Å². The van der Waals surface area contributed by atoms with E-state index in [0.717, 1.165) is 5.56 Å². The van der Waals surface area contributed by atoms with Crippen molar-refractivity contribution in [3.05, 3.63) is 70.5 Å². The Labute approximate surface area is 159 Å². The first-order valence-corrected chi connectivity index (χ1v) is 9.12. The second kappa shape index (κ2) is 8.09. The highest BCUT2D eigenvalue weighted by Crippen LogP contribution is 2.29. The molecule has 3 aromatic rings. The third kappa shape index (κ3) is 4.20. The topological polar surface area (TPSA) is 68.3 Å². The zero-order valence-corrected chi connectivity index (χ0v) is 15.6. The second-order valence-corrected chi connectivity index (χ2v) is 6.66. The van der Waals surface area contributed by atoms with Crippen LogP contribution in [0.5, 0.6) is 0 Å². The Kier molecular flexibility index (Phi) is 5.61. The highest BCUT2D eigenvalue weighted by Gasteiger charge is 2.19. The number of hydrogen-bond donors (Lipinski definition) is 1. The number of anilines is 1. The van der Waals surface area contributed by atoms with Gasteiger partial charge in [-0.25, -0.2) is 14.2 Å². The summed E-state index contributed by atoms with van der Waals surface area (Å²) in [5.41, 5.74) is 1.95. The largest absolute Gasteiger partial charge is 0.462 e. The summed E-state index contributed by atoms with van der Waals surface area (Å²) in [7, 11) is 0. The van der Waals surface area contributed by atoms with Gasteiger partial charge in [-0.15, -0.1) is 11.3 Å². The van der Waals surface area contributed by atoms with Crippen LogP contribution in [-0.2, 0) is 4.74 Å². The molecule has 27 heavy (non-hydrogen) atoms. The van der Waals surface area contributed by atoms with Crippen LogP contribution in [0.15, 0.2) is 48.5 Å². The fourth-order valence-electron chi connectivity index (χ4n) is 2.48. The van der Waals surface area contributed by atoms with E-state index < -0.39 is 5.97 Å². The number of carbonyl (C=O) groups excluding carboxylic acids is 2. The summed E-state index contributed by atoms with van der Waals surface area (Å²) in [4.78, 5) is 29.6. The first-order valence-electron chi connectivity index (χ1n) is 8.30. The fraction of sp³-hybridized carbons (Fsp3) is 0.150. The molecule has 0 saturated heterocycles. The summed E-state index contributed by atoms with van der Waals surface area (Å²) in [5.74, 6) is -1.20. The molecule has 1 aromatic heterocycles. The minimum atomic E-state index is -0.499. The van der Waals surface area contributed by atoms with Gasteiger partial charge in [0.05, 0.1) is 23.6 Å². The Morgan fingerprint density at radius 2 is 1.85 bits per heavy atom. The normalized spacial score (nSPS) is 10.5.